The van der Waals surface area contributed by atoms with Crippen LogP contribution in [0.25, 0.3) is 0 Å². The van der Waals surface area contributed by atoms with E-state index >= 15 is 0 Å². The Morgan fingerprint density at radius 3 is 2.30 bits per heavy atom. The zero-order valence-electron chi connectivity index (χ0n) is 23.2. The fourth-order valence-corrected chi connectivity index (χ4v) is 6.38. The number of carboxylic acid groups (broad SMARTS) is 1. The number of nitrogens with one attached hydrogen (secondary N) is 3. The molecule has 0 radical (unpaired) electrons. The van der Waals surface area contributed by atoms with Gasteiger partial charge in [-0.25, -0.2) is 18.4 Å². The van der Waals surface area contributed by atoms with Crippen LogP contribution in [-0.4, -0.2) is 61.2 Å². The molecule has 4 rings (SSSR count). The molecule has 0 saturated carbocycles. The number of anilines is 2. The maximum Gasteiger partial charge on any atom is 0.323 e. The van der Waals surface area contributed by atoms with Gasteiger partial charge >= 0.3 is 5.97 Å². The van der Waals surface area contributed by atoms with Gasteiger partial charge in [0.05, 0.1) is 4.90 Å². The fourth-order valence-electron chi connectivity index (χ4n) is 4.77. The maximum atomic E-state index is 13.1. The molecule has 1 aromatic heterocycles. The van der Waals surface area contributed by atoms with Crippen molar-refractivity contribution < 1.29 is 18.3 Å². The van der Waals surface area contributed by atoms with E-state index in [0.717, 1.165) is 37.2 Å². The lowest BCUT2D eigenvalue weighted by atomic mass is 9.87. The Kier molecular flexibility index (Phi) is 9.39. The van der Waals surface area contributed by atoms with Crippen LogP contribution in [0.5, 0.6) is 0 Å². The molecule has 1 fully saturated rings. The summed E-state index contributed by atoms with van der Waals surface area (Å²) < 4.78 is 28.6. The summed E-state index contributed by atoms with van der Waals surface area (Å²) in [5.41, 5.74) is 2.32. The van der Waals surface area contributed by atoms with Crippen LogP contribution in [0.1, 0.15) is 44.7 Å². The molecule has 1 saturated heterocycles. The average Bonchev–Trinajstić information content (AvgIpc) is 2.93. The Labute approximate surface area is 236 Å². The van der Waals surface area contributed by atoms with Crippen molar-refractivity contribution in [2.75, 3.05) is 29.9 Å². The van der Waals surface area contributed by atoms with Gasteiger partial charge in [-0.1, -0.05) is 51.1 Å². The zero-order valence-corrected chi connectivity index (χ0v) is 24.0. The smallest absolute Gasteiger partial charge is 0.323 e. The number of hydrogen-bond acceptors (Lipinski definition) is 8. The van der Waals surface area contributed by atoms with Crippen LogP contribution in [-0.2, 0) is 26.8 Å². The van der Waals surface area contributed by atoms with Crippen LogP contribution < -0.4 is 20.3 Å². The molecular formula is C29H38N6O4S. The van der Waals surface area contributed by atoms with Crippen molar-refractivity contribution in [3.63, 3.8) is 0 Å². The Morgan fingerprint density at radius 2 is 1.68 bits per heavy atom. The molecule has 0 spiro atoms. The van der Waals surface area contributed by atoms with E-state index in [9.17, 15) is 18.3 Å². The number of carboxylic acids is 1. The van der Waals surface area contributed by atoms with E-state index in [-0.39, 0.29) is 11.4 Å². The molecule has 1 aliphatic rings. The number of nitrogens with zero attached hydrogens (tertiary/aromatic N) is 3. The van der Waals surface area contributed by atoms with E-state index in [1.807, 2.05) is 32.9 Å². The molecular weight excluding hydrogens is 528 g/mol. The van der Waals surface area contributed by atoms with Gasteiger partial charge in [-0.05, 0) is 53.6 Å². The standard InChI is InChI=1S/C29H38N6O4S/c1-29(2,3)24-7-4-5-8-26(24)40(38,39)34-25(27(36)37)20-30-19-21-9-11-23(12-10-21)35-17-13-22(14-18-35)33-28-31-15-6-16-32-28/h4-12,15-16,22,25,30,34H,13-14,17-20H2,1-3H3,(H,36,37)(H,31,32,33)/t25-/m0/s1. The summed E-state index contributed by atoms with van der Waals surface area (Å²) >= 11 is 0. The number of aromatic nitrogens is 2. The van der Waals surface area contributed by atoms with Crippen LogP contribution in [0.4, 0.5) is 11.6 Å². The van der Waals surface area contributed by atoms with Crippen molar-refractivity contribution in [3.8, 4) is 0 Å². The number of sulfonamides is 1. The van der Waals surface area contributed by atoms with E-state index in [1.165, 1.54) is 6.07 Å². The highest BCUT2D eigenvalue weighted by Crippen LogP contribution is 2.28. The highest BCUT2D eigenvalue weighted by molar-refractivity contribution is 7.89. The van der Waals surface area contributed by atoms with Gasteiger partial charge < -0.3 is 20.6 Å². The quantitative estimate of drug-likeness (QED) is 0.275. The molecule has 0 bridgehead atoms. The number of rotatable bonds is 11. The first kappa shape index (κ1) is 29.4. The topological polar surface area (TPSA) is 137 Å². The van der Waals surface area contributed by atoms with E-state index in [0.29, 0.717) is 24.1 Å². The van der Waals surface area contributed by atoms with Gasteiger partial charge in [-0.3, -0.25) is 4.79 Å². The molecule has 2 aromatic carbocycles. The molecule has 4 N–H and O–H groups in total. The maximum absolute atomic E-state index is 13.1. The molecule has 1 atom stereocenters. The molecule has 2 heterocycles. The van der Waals surface area contributed by atoms with E-state index in [2.05, 4.69) is 42.4 Å². The second kappa shape index (κ2) is 12.8. The Bertz CT molecular complexity index is 1370. The van der Waals surface area contributed by atoms with Crippen molar-refractivity contribution in [2.24, 2.45) is 0 Å². The second-order valence-corrected chi connectivity index (χ2v) is 12.7. The highest BCUT2D eigenvalue weighted by atomic mass is 32.2. The Hall–Kier alpha value is -3.54. The third-order valence-electron chi connectivity index (χ3n) is 6.95. The summed E-state index contributed by atoms with van der Waals surface area (Å²) in [5, 5.41) is 16.2. The molecule has 214 valence electrons. The molecule has 11 heteroatoms. The van der Waals surface area contributed by atoms with Crippen molar-refractivity contribution >= 4 is 27.6 Å². The SMILES string of the molecule is CC(C)(C)c1ccccc1S(=O)(=O)N[C@@H](CNCc1ccc(N2CCC(Nc3ncccn3)CC2)cc1)C(=O)O. The summed E-state index contributed by atoms with van der Waals surface area (Å²) in [5.74, 6) is -0.582. The molecule has 0 aliphatic carbocycles. The minimum Gasteiger partial charge on any atom is -0.480 e. The monoisotopic (exact) mass is 566 g/mol. The number of benzene rings is 2. The first-order valence-corrected chi connectivity index (χ1v) is 14.9. The van der Waals surface area contributed by atoms with Crippen LogP contribution in [0, 0.1) is 0 Å². The summed E-state index contributed by atoms with van der Waals surface area (Å²) in [6, 6.07) is 15.6. The molecule has 40 heavy (non-hydrogen) atoms. The largest absolute Gasteiger partial charge is 0.480 e. The predicted octanol–water partition coefficient (Wildman–Crippen LogP) is 3.38. The molecule has 1 aliphatic heterocycles. The second-order valence-electron chi connectivity index (χ2n) is 11.0. The lowest BCUT2D eigenvalue weighted by Gasteiger charge is -2.34. The van der Waals surface area contributed by atoms with E-state index in [1.54, 1.807) is 36.7 Å². The molecule has 10 nitrogen and oxygen atoms in total. The van der Waals surface area contributed by atoms with Crippen LogP contribution >= 0.6 is 0 Å². The minimum absolute atomic E-state index is 0.0559. The van der Waals surface area contributed by atoms with Gasteiger partial charge in [0.1, 0.15) is 6.04 Å². The lowest BCUT2D eigenvalue weighted by molar-refractivity contribution is -0.138. The van der Waals surface area contributed by atoms with Crippen LogP contribution in [0.15, 0.2) is 71.9 Å². The highest BCUT2D eigenvalue weighted by Gasteiger charge is 2.30. The van der Waals surface area contributed by atoms with Gasteiger partial charge in [0.15, 0.2) is 0 Å². The van der Waals surface area contributed by atoms with Crippen molar-refractivity contribution in [3.05, 3.63) is 78.1 Å². The van der Waals surface area contributed by atoms with Crippen molar-refractivity contribution in [2.45, 2.75) is 62.6 Å². The third-order valence-corrected chi connectivity index (χ3v) is 8.48. The van der Waals surface area contributed by atoms with E-state index in [4.69, 9.17) is 0 Å². The predicted molar refractivity (Wildman–Crippen MR) is 156 cm³/mol. The Morgan fingerprint density at radius 1 is 1.02 bits per heavy atom. The molecule has 0 amide bonds. The van der Waals surface area contributed by atoms with E-state index < -0.39 is 27.4 Å². The first-order chi connectivity index (χ1) is 19.0. The third kappa shape index (κ3) is 7.77. The van der Waals surface area contributed by atoms with Gasteiger partial charge in [0.2, 0.25) is 16.0 Å². The molecule has 0 unspecified atom stereocenters. The number of piperidine rings is 1. The number of carbonyl (C=O) groups is 1. The van der Waals surface area contributed by atoms with Gasteiger partial charge in [0.25, 0.3) is 0 Å². The summed E-state index contributed by atoms with van der Waals surface area (Å²) in [6.07, 6.45) is 5.42. The van der Waals surface area contributed by atoms with Crippen LogP contribution in [0.2, 0.25) is 0 Å². The summed E-state index contributed by atoms with van der Waals surface area (Å²) in [7, 11) is -4.04. The Balaban J connectivity index is 1.28. The normalized spacial score (nSPS) is 15.5. The van der Waals surface area contributed by atoms with Crippen molar-refractivity contribution in [1.82, 2.24) is 20.0 Å². The lowest BCUT2D eigenvalue weighted by Crippen LogP contribution is -2.47. The zero-order chi connectivity index (χ0) is 28.8. The fraction of sp³-hybridized carbons (Fsp3) is 0.414. The minimum atomic E-state index is -4.04. The first-order valence-electron chi connectivity index (χ1n) is 13.5. The van der Waals surface area contributed by atoms with Gasteiger partial charge in [-0.15, -0.1) is 0 Å². The number of hydrogen-bond donors (Lipinski definition) is 4. The summed E-state index contributed by atoms with van der Waals surface area (Å²) in [4.78, 5) is 22.8. The average molecular weight is 567 g/mol. The number of aliphatic carboxylic acids is 1. The molecule has 3 aromatic rings. The van der Waals surface area contributed by atoms with Gasteiger partial charge in [0, 0.05) is 50.3 Å². The van der Waals surface area contributed by atoms with Crippen molar-refractivity contribution in [1.29, 1.82) is 0 Å². The van der Waals surface area contributed by atoms with Crippen LogP contribution in [0.3, 0.4) is 0 Å². The summed E-state index contributed by atoms with van der Waals surface area (Å²) in [6.45, 7) is 7.95. The van der Waals surface area contributed by atoms with Gasteiger partial charge in [-0.2, -0.15) is 4.72 Å².